The van der Waals surface area contributed by atoms with Crippen molar-refractivity contribution in [1.29, 1.82) is 0 Å². The average Bonchev–Trinajstić information content (AvgIpc) is 3.56. The molecule has 1 amide bonds. The molecule has 0 saturated carbocycles. The zero-order valence-electron chi connectivity index (χ0n) is 17.8. The molecule has 9 nitrogen and oxygen atoms in total. The number of hydrogen-bond donors (Lipinski definition) is 1. The highest BCUT2D eigenvalue weighted by atomic mass is 35.5. The number of carbonyl (C=O) groups is 2. The van der Waals surface area contributed by atoms with Gasteiger partial charge in [0.1, 0.15) is 17.6 Å². The highest BCUT2D eigenvalue weighted by Gasteiger charge is 2.48. The first kappa shape index (κ1) is 23.0. The van der Waals surface area contributed by atoms with Crippen molar-refractivity contribution < 1.29 is 24.4 Å². The Kier molecular flexibility index (Phi) is 5.75. The number of Topliss-reactive ketones (excluding diaryl/α,β-unsaturated/α-hetero) is 1. The zero-order chi connectivity index (χ0) is 24.9. The Morgan fingerprint density at radius 1 is 1.23 bits per heavy atom. The number of nitro benzene ring substituents is 1. The summed E-state index contributed by atoms with van der Waals surface area (Å²) in [6.07, 6.45) is 0. The van der Waals surface area contributed by atoms with Crippen molar-refractivity contribution in [2.45, 2.75) is 6.04 Å². The zero-order valence-corrected chi connectivity index (χ0v) is 20.2. The normalized spacial score (nSPS) is 17.3. The highest BCUT2D eigenvalue weighted by Crippen LogP contribution is 2.46. The third-order valence-corrected chi connectivity index (χ3v) is 7.70. The van der Waals surface area contributed by atoms with Crippen LogP contribution in [0.2, 0.25) is 5.02 Å². The summed E-state index contributed by atoms with van der Waals surface area (Å²) in [5.41, 5.74) is 0.476. The minimum atomic E-state index is -0.938. The summed E-state index contributed by atoms with van der Waals surface area (Å²) in [7, 11) is 1.45. The third kappa shape index (κ3) is 3.83. The fraction of sp³-hybridized carbons (Fsp3) is 0.0870. The number of nitrogens with zero attached hydrogens (tertiary/aromatic N) is 3. The van der Waals surface area contributed by atoms with E-state index < -0.39 is 22.7 Å². The minimum Gasteiger partial charge on any atom is -0.507 e. The van der Waals surface area contributed by atoms with E-state index in [1.54, 1.807) is 23.6 Å². The molecule has 1 unspecified atom stereocenters. The molecular weight excluding hydrogens is 514 g/mol. The molecule has 4 aromatic rings. The van der Waals surface area contributed by atoms with Crippen molar-refractivity contribution in [2.24, 2.45) is 0 Å². The number of halogens is 1. The third-order valence-electron chi connectivity index (χ3n) is 5.46. The van der Waals surface area contributed by atoms with Crippen LogP contribution < -0.4 is 9.64 Å². The first-order chi connectivity index (χ1) is 16.8. The minimum absolute atomic E-state index is 0.107. The molecular formula is C23H14ClN3O6S2. The van der Waals surface area contributed by atoms with Crippen LogP contribution in [0.25, 0.3) is 16.0 Å². The van der Waals surface area contributed by atoms with Gasteiger partial charge in [-0.1, -0.05) is 29.0 Å². The quantitative estimate of drug-likeness (QED) is 0.118. The molecule has 0 radical (unpaired) electrons. The van der Waals surface area contributed by atoms with Gasteiger partial charge in [-0.3, -0.25) is 24.6 Å². The number of methoxy groups -OCH3 is 1. The second-order valence-electron chi connectivity index (χ2n) is 7.44. The number of thiazole rings is 1. The Morgan fingerprint density at radius 3 is 2.69 bits per heavy atom. The Bertz CT molecular complexity index is 1550. The van der Waals surface area contributed by atoms with Gasteiger partial charge in [0.15, 0.2) is 5.13 Å². The lowest BCUT2D eigenvalue weighted by molar-refractivity contribution is -0.384. The molecule has 0 aliphatic carbocycles. The predicted molar refractivity (Wildman–Crippen MR) is 133 cm³/mol. The lowest BCUT2D eigenvalue weighted by Gasteiger charge is -2.21. The molecule has 176 valence electrons. The van der Waals surface area contributed by atoms with Crippen molar-refractivity contribution in [1.82, 2.24) is 4.98 Å². The topological polar surface area (TPSA) is 123 Å². The van der Waals surface area contributed by atoms with Gasteiger partial charge in [-0.15, -0.1) is 11.3 Å². The average molecular weight is 528 g/mol. The largest absolute Gasteiger partial charge is 0.507 e. The number of ether oxygens (including phenoxy) is 1. The van der Waals surface area contributed by atoms with Crippen LogP contribution in [0.4, 0.5) is 10.8 Å². The Morgan fingerprint density at radius 2 is 2.03 bits per heavy atom. The second kappa shape index (κ2) is 8.77. The van der Waals surface area contributed by atoms with E-state index in [2.05, 4.69) is 4.98 Å². The molecule has 3 heterocycles. The van der Waals surface area contributed by atoms with Crippen molar-refractivity contribution in [3.05, 3.63) is 85.1 Å². The molecule has 0 spiro atoms. The van der Waals surface area contributed by atoms with E-state index in [0.29, 0.717) is 20.8 Å². The summed E-state index contributed by atoms with van der Waals surface area (Å²) in [4.78, 5) is 43.4. The van der Waals surface area contributed by atoms with Gasteiger partial charge in [-0.25, -0.2) is 4.98 Å². The van der Waals surface area contributed by atoms with Gasteiger partial charge in [0, 0.05) is 22.6 Å². The molecule has 5 rings (SSSR count). The first-order valence-corrected chi connectivity index (χ1v) is 12.1. The Labute approximate surface area is 210 Å². The number of amides is 1. The SMILES string of the molecule is COc1ccc(/C(O)=C2\C(=O)C(=O)N(c3nc4ccc([N+](=O)[O-])cc4s3)C2c2cccs2)cc1Cl. The van der Waals surface area contributed by atoms with E-state index in [4.69, 9.17) is 16.3 Å². The molecule has 0 bridgehead atoms. The van der Waals surface area contributed by atoms with E-state index in [1.807, 2.05) is 0 Å². The van der Waals surface area contributed by atoms with E-state index in [1.165, 1.54) is 53.7 Å². The summed E-state index contributed by atoms with van der Waals surface area (Å²) in [6, 6.07) is 11.3. The lowest BCUT2D eigenvalue weighted by atomic mass is 10.00. The number of benzene rings is 2. The van der Waals surface area contributed by atoms with Gasteiger partial charge < -0.3 is 9.84 Å². The molecule has 2 aromatic heterocycles. The summed E-state index contributed by atoms with van der Waals surface area (Å²) in [5, 5.41) is 24.5. The highest BCUT2D eigenvalue weighted by molar-refractivity contribution is 7.22. The maximum absolute atomic E-state index is 13.2. The van der Waals surface area contributed by atoms with Crippen molar-refractivity contribution in [3.8, 4) is 5.75 Å². The number of hydrogen-bond acceptors (Lipinski definition) is 9. The van der Waals surface area contributed by atoms with E-state index in [9.17, 15) is 24.8 Å². The first-order valence-electron chi connectivity index (χ1n) is 10.0. The van der Waals surface area contributed by atoms with Crippen LogP contribution in [0.5, 0.6) is 5.75 Å². The van der Waals surface area contributed by atoms with Crippen molar-refractivity contribution >= 4 is 72.8 Å². The van der Waals surface area contributed by atoms with Gasteiger partial charge >= 0.3 is 5.91 Å². The van der Waals surface area contributed by atoms with Gasteiger partial charge in [0.05, 0.1) is 32.8 Å². The lowest BCUT2D eigenvalue weighted by Crippen LogP contribution is -2.28. The van der Waals surface area contributed by atoms with E-state index in [0.717, 1.165) is 11.3 Å². The number of non-ortho nitro benzene ring substituents is 1. The molecule has 2 aromatic carbocycles. The molecule has 1 fully saturated rings. The van der Waals surface area contributed by atoms with Crippen LogP contribution in [0.3, 0.4) is 0 Å². The van der Waals surface area contributed by atoms with Crippen LogP contribution >= 0.6 is 34.3 Å². The fourth-order valence-electron chi connectivity index (χ4n) is 3.83. The van der Waals surface area contributed by atoms with Crippen LogP contribution in [0.1, 0.15) is 16.5 Å². The number of rotatable bonds is 5. The molecule has 12 heteroatoms. The van der Waals surface area contributed by atoms with Gasteiger partial charge in [0.2, 0.25) is 0 Å². The maximum Gasteiger partial charge on any atom is 0.301 e. The fourth-order valence-corrected chi connectivity index (χ4v) is 5.94. The number of aliphatic hydroxyl groups excluding tert-OH is 1. The molecule has 1 aliphatic rings. The smallest absolute Gasteiger partial charge is 0.301 e. The number of anilines is 1. The number of thiophene rings is 1. The van der Waals surface area contributed by atoms with Gasteiger partial charge in [0.25, 0.3) is 11.5 Å². The number of nitro groups is 1. The van der Waals surface area contributed by atoms with E-state index in [-0.39, 0.29) is 32.7 Å². The van der Waals surface area contributed by atoms with Crippen LogP contribution in [0, 0.1) is 10.1 Å². The Hall–Kier alpha value is -3.80. The molecule has 1 aliphatic heterocycles. The number of aromatic nitrogens is 1. The monoisotopic (exact) mass is 527 g/mol. The van der Waals surface area contributed by atoms with E-state index >= 15 is 0 Å². The van der Waals surface area contributed by atoms with Crippen molar-refractivity contribution in [2.75, 3.05) is 12.0 Å². The number of fused-ring (bicyclic) bond motifs is 1. The van der Waals surface area contributed by atoms with Crippen molar-refractivity contribution in [3.63, 3.8) is 0 Å². The molecule has 1 atom stereocenters. The number of carbonyl (C=O) groups excluding carboxylic acids is 2. The van der Waals surface area contributed by atoms with Crippen LogP contribution in [-0.4, -0.2) is 33.8 Å². The van der Waals surface area contributed by atoms with Gasteiger partial charge in [-0.05, 0) is 35.7 Å². The van der Waals surface area contributed by atoms with Crippen LogP contribution in [0.15, 0.2) is 59.5 Å². The summed E-state index contributed by atoms with van der Waals surface area (Å²) >= 11 is 8.57. The molecule has 1 N–H and O–H groups in total. The maximum atomic E-state index is 13.2. The molecule has 35 heavy (non-hydrogen) atoms. The Balaban J connectivity index is 1.68. The second-order valence-corrected chi connectivity index (χ2v) is 9.83. The van der Waals surface area contributed by atoms with Crippen LogP contribution in [-0.2, 0) is 9.59 Å². The predicted octanol–water partition coefficient (Wildman–Crippen LogP) is 5.55. The van der Waals surface area contributed by atoms with Gasteiger partial charge in [-0.2, -0.15) is 0 Å². The number of ketones is 1. The summed E-state index contributed by atoms with van der Waals surface area (Å²) in [6.45, 7) is 0. The summed E-state index contributed by atoms with van der Waals surface area (Å²) < 4.78 is 5.63. The molecule has 1 saturated heterocycles. The summed E-state index contributed by atoms with van der Waals surface area (Å²) in [5.74, 6) is -1.73. The standard InChI is InChI=1S/C23H14ClN3O6S2/c1-33-15-7-4-11(9-13(15)24)20(28)18-19(16-3-2-8-34-16)26(22(30)21(18)29)23-25-14-6-5-12(27(31)32)10-17(14)35-23/h2-10,19,28H,1H3/b20-18+. The number of aliphatic hydroxyl groups is 1.